The smallest absolute Gasteiger partial charge is 0.212 e. The molecule has 1 unspecified atom stereocenters. The molecule has 2 aromatic heterocycles. The predicted molar refractivity (Wildman–Crippen MR) is 138 cm³/mol. The number of anilines is 1. The van der Waals surface area contributed by atoms with Crippen LogP contribution in [0.3, 0.4) is 0 Å². The van der Waals surface area contributed by atoms with Crippen LogP contribution in [-0.4, -0.2) is 36.2 Å². The third-order valence-electron chi connectivity index (χ3n) is 4.98. The minimum atomic E-state index is 0.0239. The highest BCUT2D eigenvalue weighted by Crippen LogP contribution is 2.43. The minimum absolute atomic E-state index is 0.0239. The van der Waals surface area contributed by atoms with Gasteiger partial charge < -0.3 is 19.3 Å². The summed E-state index contributed by atoms with van der Waals surface area (Å²) in [5.74, 6) is 2.58. The van der Waals surface area contributed by atoms with E-state index in [2.05, 4.69) is 32.3 Å². The average Bonchev–Trinajstić information content (AvgIpc) is 3.58. The number of nitrogens with one attached hydrogen (secondary N) is 1. The van der Waals surface area contributed by atoms with E-state index in [1.54, 1.807) is 44.7 Å². The van der Waals surface area contributed by atoms with Gasteiger partial charge in [0, 0.05) is 17.1 Å². The van der Waals surface area contributed by atoms with Crippen LogP contribution in [-0.2, 0) is 9.32 Å². The normalized spacial score (nSPS) is 13.1. The Bertz CT molecular complexity index is 1030. The molecule has 0 aliphatic heterocycles. The number of hydrogen-bond donors (Lipinski definition) is 1. The zero-order valence-corrected chi connectivity index (χ0v) is 21.6. The third-order valence-corrected chi connectivity index (χ3v) is 6.65. The lowest BCUT2D eigenvalue weighted by molar-refractivity contribution is -0.105. The Kier molecular flexibility index (Phi) is 9.83. The maximum Gasteiger partial charge on any atom is 0.212 e. The molecule has 1 N–H and O–H groups in total. The second-order valence-corrected chi connectivity index (χ2v) is 9.26. The van der Waals surface area contributed by atoms with Gasteiger partial charge in [-0.2, -0.15) is 0 Å². The second kappa shape index (κ2) is 12.6. The van der Waals surface area contributed by atoms with E-state index in [9.17, 15) is 8.68 Å². The number of pyridine rings is 1. The van der Waals surface area contributed by atoms with Crippen LogP contribution in [0.2, 0.25) is 0 Å². The van der Waals surface area contributed by atoms with E-state index < -0.39 is 0 Å². The largest absolute Gasteiger partial charge is 0.496 e. The van der Waals surface area contributed by atoms with E-state index in [-0.39, 0.29) is 12.3 Å². The van der Waals surface area contributed by atoms with Gasteiger partial charge in [-0.1, -0.05) is 18.9 Å². The van der Waals surface area contributed by atoms with Gasteiger partial charge in [0.1, 0.15) is 17.3 Å². The summed E-state index contributed by atoms with van der Waals surface area (Å²) in [6, 6.07) is 8.84. The fraction of sp³-hybridized carbons (Fsp3) is 0.333. The molecule has 0 spiro atoms. The third kappa shape index (κ3) is 6.24. The molecule has 172 valence electrons. The van der Waals surface area contributed by atoms with E-state index in [1.807, 2.05) is 6.07 Å². The van der Waals surface area contributed by atoms with Gasteiger partial charge in [-0.25, -0.2) is 8.96 Å². The van der Waals surface area contributed by atoms with Crippen molar-refractivity contribution in [2.24, 2.45) is 5.92 Å². The molecule has 1 atom stereocenters. The van der Waals surface area contributed by atoms with Crippen LogP contribution in [0.25, 0.3) is 22.2 Å². The maximum atomic E-state index is 13.4. The van der Waals surface area contributed by atoms with Gasteiger partial charge in [-0.3, -0.25) is 4.79 Å². The van der Waals surface area contributed by atoms with Crippen molar-refractivity contribution in [2.45, 2.75) is 19.3 Å². The molecule has 0 saturated heterocycles. The number of ether oxygens (including phenoxy) is 2. The molecule has 1 aromatic carbocycles. The Hall–Kier alpha value is -1.62. The lowest BCUT2D eigenvalue weighted by Crippen LogP contribution is -1.97. The Balaban J connectivity index is 0.000000305. The van der Waals surface area contributed by atoms with Crippen molar-refractivity contribution in [2.75, 3.05) is 26.1 Å². The average molecular weight is 591 g/mol. The fourth-order valence-corrected chi connectivity index (χ4v) is 4.46. The first-order valence-electron chi connectivity index (χ1n) is 9.86. The Morgan fingerprint density at radius 2 is 2.00 bits per heavy atom. The molecule has 0 radical (unpaired) electrons. The van der Waals surface area contributed by atoms with Gasteiger partial charge in [0.15, 0.2) is 18.0 Å². The Morgan fingerprint density at radius 1 is 1.28 bits per heavy atom. The van der Waals surface area contributed by atoms with Gasteiger partial charge in [-0.05, 0) is 58.6 Å². The molecule has 4 rings (SSSR count). The molecule has 1 amide bonds. The number of halogens is 2. The lowest BCUT2D eigenvalue weighted by atomic mass is 10.0. The standard InChI is InChI=1S/C16H14FN3O3S.C5H10IOP/c1-22-12-4-3-5-13(23-2)15(12)11-8-20(24-17)16-10(11)6-7-14(19-16)18-9-21;6-8-7-4-3-5-1-2-5/h3-9H,1-2H3,(H,18,19,21);5,8H,1-4H2. The number of nitrogens with zero attached hydrogens (tertiary/aromatic N) is 2. The molecule has 1 aliphatic rings. The molecule has 32 heavy (non-hydrogen) atoms. The molecule has 7 nitrogen and oxygen atoms in total. The van der Waals surface area contributed by atoms with Crippen molar-refractivity contribution < 1.29 is 22.7 Å². The summed E-state index contributed by atoms with van der Waals surface area (Å²) >= 11 is 2.28. The predicted octanol–water partition coefficient (Wildman–Crippen LogP) is 6.42. The monoisotopic (exact) mass is 591 g/mol. The first-order chi connectivity index (χ1) is 15.7. The minimum Gasteiger partial charge on any atom is -0.496 e. The molecule has 0 bridgehead atoms. The van der Waals surface area contributed by atoms with Crippen LogP contribution < -0.4 is 14.8 Å². The molecule has 11 heteroatoms. The first-order valence-corrected chi connectivity index (χ1v) is 14.6. The fourth-order valence-electron chi connectivity index (χ4n) is 3.25. The number of benzene rings is 1. The van der Waals surface area contributed by atoms with E-state index in [1.165, 1.54) is 23.2 Å². The van der Waals surface area contributed by atoms with Crippen molar-refractivity contribution in [1.82, 2.24) is 8.96 Å². The van der Waals surface area contributed by atoms with Gasteiger partial charge >= 0.3 is 0 Å². The number of amides is 1. The van der Waals surface area contributed by atoms with Crippen LogP contribution >= 0.6 is 40.8 Å². The second-order valence-electron chi connectivity index (χ2n) is 6.96. The summed E-state index contributed by atoms with van der Waals surface area (Å²) in [5.41, 5.74) is 1.81. The number of carbonyl (C=O) groups excluding carboxylic acids is 1. The van der Waals surface area contributed by atoms with Crippen LogP contribution in [0.15, 0.2) is 36.5 Å². The number of carbonyl (C=O) groups is 1. The summed E-state index contributed by atoms with van der Waals surface area (Å²) in [7, 11) is 3.12. The van der Waals surface area contributed by atoms with Crippen LogP contribution in [0.4, 0.5) is 9.70 Å². The zero-order valence-electron chi connectivity index (χ0n) is 17.6. The highest BCUT2D eigenvalue weighted by molar-refractivity contribution is 14.2. The van der Waals surface area contributed by atoms with E-state index in [0.29, 0.717) is 46.8 Å². The van der Waals surface area contributed by atoms with Crippen LogP contribution in [0.5, 0.6) is 11.5 Å². The molecular formula is C21H24FIN3O4PS. The molecule has 2 heterocycles. The highest BCUT2D eigenvalue weighted by Gasteiger charge is 2.20. The molecule has 1 fully saturated rings. The number of methoxy groups -OCH3 is 2. The molecule has 1 aliphatic carbocycles. The summed E-state index contributed by atoms with van der Waals surface area (Å²) in [6.07, 6.45) is 6.35. The van der Waals surface area contributed by atoms with Crippen molar-refractivity contribution in [1.29, 1.82) is 0 Å². The number of hydrogen-bond acceptors (Lipinski definition) is 6. The summed E-state index contributed by atoms with van der Waals surface area (Å²) in [6.45, 7) is 1.65. The van der Waals surface area contributed by atoms with Crippen LogP contribution in [0, 0.1) is 5.92 Å². The topological polar surface area (TPSA) is 74.6 Å². The van der Waals surface area contributed by atoms with Gasteiger partial charge in [0.05, 0.1) is 32.8 Å². The quantitative estimate of drug-likeness (QED) is 0.127. The molecule has 1 saturated carbocycles. The van der Waals surface area contributed by atoms with Gasteiger partial charge in [0.2, 0.25) is 6.41 Å². The maximum absolute atomic E-state index is 13.4. The highest BCUT2D eigenvalue weighted by atomic mass is 127. The summed E-state index contributed by atoms with van der Waals surface area (Å²) < 4.78 is 30.7. The van der Waals surface area contributed by atoms with Crippen molar-refractivity contribution in [3.63, 3.8) is 0 Å². The van der Waals surface area contributed by atoms with Gasteiger partial charge in [-0.15, -0.1) is 3.89 Å². The van der Waals surface area contributed by atoms with Crippen molar-refractivity contribution >= 4 is 64.1 Å². The zero-order chi connectivity index (χ0) is 22.9. The Morgan fingerprint density at radius 3 is 2.56 bits per heavy atom. The summed E-state index contributed by atoms with van der Waals surface area (Å²) in [4.78, 5) is 14.9. The van der Waals surface area contributed by atoms with Crippen molar-refractivity contribution in [3.8, 4) is 22.6 Å². The van der Waals surface area contributed by atoms with Crippen molar-refractivity contribution in [3.05, 3.63) is 36.5 Å². The lowest BCUT2D eigenvalue weighted by Gasteiger charge is -2.12. The van der Waals surface area contributed by atoms with E-state index in [0.717, 1.165) is 18.1 Å². The number of fused-ring (bicyclic) bond motifs is 1. The SMILES string of the molecule is COc1cccc(OC)c1-c1cn(SF)c2nc(NC=O)ccc12.IPOCCC1CC1. The van der Waals surface area contributed by atoms with Crippen LogP contribution in [0.1, 0.15) is 19.3 Å². The summed E-state index contributed by atoms with van der Waals surface area (Å²) in [5, 5.41) is 3.17. The molecular weight excluding hydrogens is 567 g/mol. The Labute approximate surface area is 205 Å². The number of rotatable bonds is 10. The van der Waals surface area contributed by atoms with E-state index in [4.69, 9.17) is 14.0 Å². The first kappa shape index (κ1) is 25.0. The number of aromatic nitrogens is 2. The molecule has 3 aromatic rings. The van der Waals surface area contributed by atoms with Gasteiger partial charge in [0.25, 0.3) is 0 Å². The van der Waals surface area contributed by atoms with E-state index >= 15 is 0 Å².